The molecule has 0 aliphatic carbocycles. The molecule has 1 aromatic carbocycles. The van der Waals surface area contributed by atoms with Crippen LogP contribution in [0.4, 0.5) is 0 Å². The van der Waals surface area contributed by atoms with E-state index in [9.17, 15) is 4.79 Å². The Labute approximate surface area is 123 Å². The molecule has 0 heterocycles. The maximum absolute atomic E-state index is 12.0. The molecule has 0 radical (unpaired) electrons. The first kappa shape index (κ1) is 17.6. The van der Waals surface area contributed by atoms with E-state index in [2.05, 4.69) is 5.32 Å². The highest BCUT2D eigenvalue weighted by Crippen LogP contribution is 2.23. The topological polar surface area (TPSA) is 55.1 Å². The van der Waals surface area contributed by atoms with Crippen molar-refractivity contribution in [3.05, 3.63) is 28.8 Å². The average Bonchev–Trinajstić information content (AvgIpc) is 2.29. The van der Waals surface area contributed by atoms with Gasteiger partial charge in [0.2, 0.25) is 0 Å². The summed E-state index contributed by atoms with van der Waals surface area (Å²) in [6.45, 7) is 4.12. The van der Waals surface area contributed by atoms with Gasteiger partial charge in [-0.15, -0.1) is 24.2 Å². The van der Waals surface area contributed by atoms with Gasteiger partial charge in [0.1, 0.15) is 0 Å². The van der Waals surface area contributed by atoms with E-state index in [-0.39, 0.29) is 18.3 Å². The highest BCUT2D eigenvalue weighted by atomic mass is 35.5. The van der Waals surface area contributed by atoms with Crippen molar-refractivity contribution in [2.75, 3.05) is 12.8 Å². The lowest BCUT2D eigenvalue weighted by Gasteiger charge is -2.24. The number of thioether (sulfide) groups is 1. The van der Waals surface area contributed by atoms with Crippen molar-refractivity contribution in [2.45, 2.75) is 24.3 Å². The highest BCUT2D eigenvalue weighted by molar-refractivity contribution is 7.98. The summed E-state index contributed by atoms with van der Waals surface area (Å²) < 4.78 is 0. The molecular weight excluding hydrogens is 291 g/mol. The summed E-state index contributed by atoms with van der Waals surface area (Å²) in [5.74, 6) is -0.193. The minimum atomic E-state index is -0.435. The highest BCUT2D eigenvalue weighted by Gasteiger charge is 2.20. The lowest BCUT2D eigenvalue weighted by molar-refractivity contribution is 0.0915. The predicted octanol–water partition coefficient (Wildman–Crippen LogP) is 2.95. The molecular formula is C12H18Cl2N2OS. The second-order valence-electron chi connectivity index (χ2n) is 4.39. The van der Waals surface area contributed by atoms with Gasteiger partial charge in [-0.3, -0.25) is 4.79 Å². The molecule has 0 spiro atoms. The minimum absolute atomic E-state index is 0. The second kappa shape index (κ2) is 7.24. The third kappa shape index (κ3) is 4.69. The van der Waals surface area contributed by atoms with E-state index in [4.69, 9.17) is 17.3 Å². The van der Waals surface area contributed by atoms with Gasteiger partial charge in [0.05, 0.1) is 10.6 Å². The summed E-state index contributed by atoms with van der Waals surface area (Å²) in [6.07, 6.45) is 1.95. The number of nitrogens with one attached hydrogen (secondary N) is 1. The number of hydrogen-bond acceptors (Lipinski definition) is 3. The fourth-order valence-corrected chi connectivity index (χ4v) is 1.87. The van der Waals surface area contributed by atoms with Crippen molar-refractivity contribution in [1.82, 2.24) is 5.32 Å². The van der Waals surface area contributed by atoms with Crippen LogP contribution in [-0.2, 0) is 0 Å². The molecule has 3 nitrogen and oxygen atoms in total. The lowest BCUT2D eigenvalue weighted by Crippen LogP contribution is -2.48. The molecule has 0 aliphatic rings. The Morgan fingerprint density at radius 3 is 2.61 bits per heavy atom. The molecule has 0 atom stereocenters. The summed E-state index contributed by atoms with van der Waals surface area (Å²) in [5.41, 5.74) is 5.63. The van der Waals surface area contributed by atoms with E-state index in [1.165, 1.54) is 0 Å². The van der Waals surface area contributed by atoms with Crippen LogP contribution in [0.15, 0.2) is 23.1 Å². The van der Waals surface area contributed by atoms with Gasteiger partial charge < -0.3 is 11.1 Å². The molecule has 0 saturated carbocycles. The largest absolute Gasteiger partial charge is 0.346 e. The summed E-state index contributed by atoms with van der Waals surface area (Å²) >= 11 is 7.59. The van der Waals surface area contributed by atoms with Crippen LogP contribution in [0.2, 0.25) is 5.02 Å². The molecule has 102 valence electrons. The summed E-state index contributed by atoms with van der Waals surface area (Å²) in [7, 11) is 0. The molecule has 0 unspecified atom stereocenters. The Bertz CT molecular complexity index is 425. The molecule has 1 amide bonds. The molecule has 1 aromatic rings. The van der Waals surface area contributed by atoms with E-state index in [1.807, 2.05) is 26.2 Å². The number of carbonyl (C=O) groups is 1. The monoisotopic (exact) mass is 308 g/mol. The minimum Gasteiger partial charge on any atom is -0.346 e. The maximum atomic E-state index is 12.0. The van der Waals surface area contributed by atoms with Crippen LogP contribution in [0.3, 0.4) is 0 Å². The van der Waals surface area contributed by atoms with Crippen molar-refractivity contribution in [3.63, 3.8) is 0 Å². The Hall–Kier alpha value is -0.420. The van der Waals surface area contributed by atoms with Crippen molar-refractivity contribution < 1.29 is 4.79 Å². The maximum Gasteiger partial charge on any atom is 0.253 e. The van der Waals surface area contributed by atoms with Gasteiger partial charge in [-0.25, -0.2) is 0 Å². The van der Waals surface area contributed by atoms with Crippen LogP contribution in [0.25, 0.3) is 0 Å². The number of carbonyl (C=O) groups excluding carboxylic acids is 1. The Morgan fingerprint density at radius 2 is 2.11 bits per heavy atom. The summed E-state index contributed by atoms with van der Waals surface area (Å²) in [4.78, 5) is 13.1. The van der Waals surface area contributed by atoms with Crippen LogP contribution in [-0.4, -0.2) is 24.2 Å². The van der Waals surface area contributed by atoms with Gasteiger partial charge in [0.15, 0.2) is 0 Å². The quantitative estimate of drug-likeness (QED) is 0.841. The van der Waals surface area contributed by atoms with Gasteiger partial charge in [-0.05, 0) is 38.3 Å². The molecule has 0 saturated heterocycles. The van der Waals surface area contributed by atoms with Gasteiger partial charge in [-0.2, -0.15) is 0 Å². The first-order chi connectivity index (χ1) is 7.89. The Balaban J connectivity index is 0.00000289. The van der Waals surface area contributed by atoms with E-state index < -0.39 is 5.54 Å². The molecule has 18 heavy (non-hydrogen) atoms. The molecule has 3 N–H and O–H groups in total. The molecule has 1 rings (SSSR count). The molecule has 6 heteroatoms. The van der Waals surface area contributed by atoms with Crippen molar-refractivity contribution >= 4 is 41.7 Å². The SMILES string of the molecule is CSc1ccc(Cl)c(C(=O)NC(C)(C)CN)c1.Cl. The fraction of sp³-hybridized carbons (Fsp3) is 0.417. The van der Waals surface area contributed by atoms with Crippen LogP contribution in [0.1, 0.15) is 24.2 Å². The molecule has 0 bridgehead atoms. The van der Waals surface area contributed by atoms with Crippen molar-refractivity contribution in [1.29, 1.82) is 0 Å². The van der Waals surface area contributed by atoms with Crippen molar-refractivity contribution in [2.24, 2.45) is 5.73 Å². The number of hydrogen-bond donors (Lipinski definition) is 2. The number of halogens is 2. The normalized spacial score (nSPS) is 10.7. The van der Waals surface area contributed by atoms with Gasteiger partial charge in [-0.1, -0.05) is 11.6 Å². The molecule has 0 aromatic heterocycles. The third-order valence-electron chi connectivity index (χ3n) is 2.38. The standard InChI is InChI=1S/C12H17ClN2OS.ClH/c1-12(2,7-14)15-11(16)9-6-8(17-3)4-5-10(9)13;/h4-6H,7,14H2,1-3H3,(H,15,16);1H. The smallest absolute Gasteiger partial charge is 0.253 e. The molecule has 0 aliphatic heterocycles. The zero-order chi connectivity index (χ0) is 13.1. The van der Waals surface area contributed by atoms with Crippen molar-refractivity contribution in [3.8, 4) is 0 Å². The average molecular weight is 309 g/mol. The van der Waals surface area contributed by atoms with Gasteiger partial charge in [0.25, 0.3) is 5.91 Å². The number of amides is 1. The lowest BCUT2D eigenvalue weighted by atomic mass is 10.1. The van der Waals surface area contributed by atoms with Crippen LogP contribution >= 0.6 is 35.8 Å². The van der Waals surface area contributed by atoms with E-state index in [0.717, 1.165) is 4.90 Å². The third-order valence-corrected chi connectivity index (χ3v) is 3.44. The van der Waals surface area contributed by atoms with Gasteiger partial charge >= 0.3 is 0 Å². The molecule has 0 fully saturated rings. The first-order valence-corrected chi connectivity index (χ1v) is 6.86. The zero-order valence-corrected chi connectivity index (χ0v) is 13.0. The van der Waals surface area contributed by atoms with Gasteiger partial charge in [0, 0.05) is 17.0 Å². The van der Waals surface area contributed by atoms with E-state index >= 15 is 0 Å². The number of nitrogens with two attached hydrogens (primary N) is 1. The first-order valence-electron chi connectivity index (χ1n) is 5.26. The van der Waals surface area contributed by atoms with E-state index in [0.29, 0.717) is 17.1 Å². The fourth-order valence-electron chi connectivity index (χ4n) is 1.23. The van der Waals surface area contributed by atoms with E-state index in [1.54, 1.807) is 23.9 Å². The zero-order valence-electron chi connectivity index (χ0n) is 10.6. The van der Waals surface area contributed by atoms with Crippen LogP contribution in [0.5, 0.6) is 0 Å². The summed E-state index contributed by atoms with van der Waals surface area (Å²) in [5, 5.41) is 3.31. The van der Waals surface area contributed by atoms with Crippen LogP contribution < -0.4 is 11.1 Å². The number of rotatable bonds is 4. The summed E-state index contributed by atoms with van der Waals surface area (Å²) in [6, 6.07) is 5.41. The predicted molar refractivity (Wildman–Crippen MR) is 81.1 cm³/mol. The van der Waals surface area contributed by atoms with Crippen LogP contribution in [0, 0.1) is 0 Å². The number of benzene rings is 1. The second-order valence-corrected chi connectivity index (χ2v) is 5.67. The Morgan fingerprint density at radius 1 is 1.50 bits per heavy atom. The Kier molecular flexibility index (Phi) is 7.07.